The number of rotatable bonds is 10. The van der Waals surface area contributed by atoms with Gasteiger partial charge >= 0.3 is 18.0 Å². The number of nitrogens with zero attached hydrogens (tertiary/aromatic N) is 1. The highest BCUT2D eigenvalue weighted by atomic mass is 19.1. The van der Waals surface area contributed by atoms with Gasteiger partial charge in [-0.2, -0.15) is 0 Å². The minimum Gasteiger partial charge on any atom is -0.479 e. The van der Waals surface area contributed by atoms with E-state index in [1.54, 1.807) is 75.4 Å². The fourth-order valence-corrected chi connectivity index (χ4v) is 4.10. The van der Waals surface area contributed by atoms with Crippen LogP contribution in [0.4, 0.5) is 9.18 Å². The molecule has 0 aliphatic heterocycles. The van der Waals surface area contributed by atoms with E-state index < -0.39 is 47.2 Å². The first-order valence-corrected chi connectivity index (χ1v) is 11.8. The number of amides is 1. The summed E-state index contributed by atoms with van der Waals surface area (Å²) in [5.74, 6) is -3.82. The molecular formula is C28H36FNO6. The molecule has 0 heterocycles. The number of carbonyl (C=O) groups excluding carboxylic acids is 2. The van der Waals surface area contributed by atoms with Crippen molar-refractivity contribution in [2.24, 2.45) is 5.92 Å². The van der Waals surface area contributed by atoms with Crippen molar-refractivity contribution < 1.29 is 33.4 Å². The quantitative estimate of drug-likeness (QED) is 0.437. The van der Waals surface area contributed by atoms with E-state index in [1.807, 2.05) is 6.07 Å². The number of benzene rings is 2. The molecule has 0 saturated heterocycles. The van der Waals surface area contributed by atoms with Crippen LogP contribution in [0.1, 0.15) is 52.2 Å². The molecule has 0 aliphatic rings. The SMILES string of the molecule is CN(C(=O)OC(C)(C)C)[C@](CC(C)(C)F)(C(=O)O)[C@@H](Cc1ccccc1)C(=O)OCc1ccccc1. The van der Waals surface area contributed by atoms with Crippen molar-refractivity contribution >= 4 is 18.0 Å². The Hall–Kier alpha value is -3.42. The predicted octanol–water partition coefficient (Wildman–Crippen LogP) is 5.42. The molecular weight excluding hydrogens is 465 g/mol. The minimum atomic E-state index is -2.30. The lowest BCUT2D eigenvalue weighted by molar-refractivity contribution is -0.171. The molecule has 1 amide bonds. The van der Waals surface area contributed by atoms with Crippen molar-refractivity contribution in [2.45, 2.75) is 70.9 Å². The third kappa shape index (κ3) is 7.80. The average molecular weight is 502 g/mol. The van der Waals surface area contributed by atoms with E-state index in [0.29, 0.717) is 11.1 Å². The first kappa shape index (κ1) is 28.8. The largest absolute Gasteiger partial charge is 0.479 e. The topological polar surface area (TPSA) is 93.1 Å². The van der Waals surface area contributed by atoms with E-state index in [4.69, 9.17) is 9.47 Å². The zero-order chi connectivity index (χ0) is 27.1. The van der Waals surface area contributed by atoms with E-state index in [9.17, 15) is 19.5 Å². The standard InChI is InChI=1S/C28H36FNO6/c1-26(2,3)36-25(34)30(6)28(24(32)33,19-27(4,5)29)22(17-20-13-9-7-10-14-20)23(31)35-18-21-15-11-8-12-16-21/h7-16,22H,17-19H2,1-6H3,(H,32,33)/t22-,28-/m0/s1. The third-order valence-electron chi connectivity index (χ3n) is 5.69. The van der Waals surface area contributed by atoms with Gasteiger partial charge in [-0.3, -0.25) is 9.69 Å². The van der Waals surface area contributed by atoms with Crippen LogP contribution >= 0.6 is 0 Å². The molecule has 2 atom stereocenters. The molecule has 0 spiro atoms. The third-order valence-corrected chi connectivity index (χ3v) is 5.69. The van der Waals surface area contributed by atoms with Crippen molar-refractivity contribution in [3.63, 3.8) is 0 Å². The number of aliphatic carboxylic acids is 1. The summed E-state index contributed by atoms with van der Waals surface area (Å²) in [4.78, 5) is 40.5. The lowest BCUT2D eigenvalue weighted by Gasteiger charge is -2.44. The van der Waals surface area contributed by atoms with Crippen LogP contribution < -0.4 is 0 Å². The summed E-state index contributed by atoms with van der Waals surface area (Å²) < 4.78 is 26.2. The molecule has 196 valence electrons. The fourth-order valence-electron chi connectivity index (χ4n) is 4.10. The van der Waals surface area contributed by atoms with Gasteiger partial charge < -0.3 is 14.6 Å². The Morgan fingerprint density at radius 2 is 1.42 bits per heavy atom. The molecule has 2 rings (SSSR count). The number of halogens is 1. The highest BCUT2D eigenvalue weighted by Gasteiger charge is 2.58. The van der Waals surface area contributed by atoms with Crippen LogP contribution in [-0.4, -0.2) is 51.9 Å². The van der Waals surface area contributed by atoms with E-state index in [-0.39, 0.29) is 13.0 Å². The summed E-state index contributed by atoms with van der Waals surface area (Å²) in [6, 6.07) is 17.7. The summed E-state index contributed by atoms with van der Waals surface area (Å²) in [6.07, 6.45) is -1.74. The monoisotopic (exact) mass is 501 g/mol. The predicted molar refractivity (Wildman–Crippen MR) is 134 cm³/mol. The second-order valence-electron chi connectivity index (χ2n) is 10.5. The van der Waals surface area contributed by atoms with Crippen LogP contribution in [0.15, 0.2) is 60.7 Å². The zero-order valence-corrected chi connectivity index (χ0v) is 21.8. The van der Waals surface area contributed by atoms with E-state index in [1.165, 1.54) is 20.9 Å². The number of hydrogen-bond donors (Lipinski definition) is 1. The Morgan fingerprint density at radius 3 is 1.86 bits per heavy atom. The van der Waals surface area contributed by atoms with Gasteiger partial charge in [-0.15, -0.1) is 0 Å². The molecule has 8 heteroatoms. The summed E-state index contributed by atoms with van der Waals surface area (Å²) in [5.41, 5.74) is -3.95. The van der Waals surface area contributed by atoms with Gasteiger partial charge in [-0.25, -0.2) is 14.0 Å². The molecule has 0 aromatic heterocycles. The van der Waals surface area contributed by atoms with E-state index in [0.717, 1.165) is 4.90 Å². The van der Waals surface area contributed by atoms with Gasteiger partial charge in [0.2, 0.25) is 0 Å². The number of carboxylic acids is 1. The number of likely N-dealkylation sites (N-methyl/N-ethyl adjacent to an activating group) is 1. The number of alkyl halides is 1. The number of carboxylic acid groups (broad SMARTS) is 1. The van der Waals surface area contributed by atoms with Crippen LogP contribution in [0.3, 0.4) is 0 Å². The summed E-state index contributed by atoms with van der Waals surface area (Å²) in [6.45, 7) is 7.22. The first-order chi connectivity index (χ1) is 16.7. The van der Waals surface area contributed by atoms with Gasteiger partial charge in [-0.1, -0.05) is 60.7 Å². The van der Waals surface area contributed by atoms with Gasteiger partial charge in [0.25, 0.3) is 0 Å². The zero-order valence-electron chi connectivity index (χ0n) is 21.8. The van der Waals surface area contributed by atoms with Gasteiger partial charge in [0.15, 0.2) is 5.54 Å². The molecule has 2 aromatic rings. The average Bonchev–Trinajstić information content (AvgIpc) is 2.78. The number of esters is 1. The molecule has 0 unspecified atom stereocenters. The van der Waals surface area contributed by atoms with Gasteiger partial charge in [0.1, 0.15) is 17.9 Å². The van der Waals surface area contributed by atoms with Gasteiger partial charge in [0.05, 0.1) is 5.92 Å². The molecule has 1 N–H and O–H groups in total. The summed E-state index contributed by atoms with van der Waals surface area (Å²) in [5, 5.41) is 10.6. The Balaban J connectivity index is 2.61. The van der Waals surface area contributed by atoms with Crippen molar-refractivity contribution in [3.8, 4) is 0 Å². The molecule has 0 bridgehead atoms. The van der Waals surface area contributed by atoms with Crippen molar-refractivity contribution in [1.29, 1.82) is 0 Å². The summed E-state index contributed by atoms with van der Waals surface area (Å²) in [7, 11) is 1.22. The van der Waals surface area contributed by atoms with E-state index in [2.05, 4.69) is 0 Å². The Labute approximate surface area is 212 Å². The van der Waals surface area contributed by atoms with Gasteiger partial charge in [-0.05, 0) is 52.2 Å². The second kappa shape index (κ2) is 11.5. The fraction of sp³-hybridized carbons (Fsp3) is 0.464. The highest BCUT2D eigenvalue weighted by Crippen LogP contribution is 2.39. The Kier molecular flexibility index (Phi) is 9.24. The maximum Gasteiger partial charge on any atom is 0.411 e. The van der Waals surface area contributed by atoms with Crippen molar-refractivity contribution in [3.05, 3.63) is 71.8 Å². The molecule has 7 nitrogen and oxygen atoms in total. The summed E-state index contributed by atoms with van der Waals surface area (Å²) >= 11 is 0. The number of hydrogen-bond acceptors (Lipinski definition) is 5. The lowest BCUT2D eigenvalue weighted by atomic mass is 9.73. The smallest absolute Gasteiger partial charge is 0.411 e. The maximum absolute atomic E-state index is 15.2. The van der Waals surface area contributed by atoms with Crippen molar-refractivity contribution in [2.75, 3.05) is 7.05 Å². The Morgan fingerprint density at radius 1 is 0.917 bits per heavy atom. The molecule has 0 aliphatic carbocycles. The molecule has 36 heavy (non-hydrogen) atoms. The number of ether oxygens (including phenoxy) is 2. The minimum absolute atomic E-state index is 0.0933. The highest BCUT2D eigenvalue weighted by molar-refractivity contribution is 5.91. The molecule has 0 radical (unpaired) electrons. The van der Waals surface area contributed by atoms with Crippen LogP contribution in [0.25, 0.3) is 0 Å². The lowest BCUT2D eigenvalue weighted by Crippen LogP contribution is -2.65. The first-order valence-electron chi connectivity index (χ1n) is 11.8. The second-order valence-corrected chi connectivity index (χ2v) is 10.5. The Bertz CT molecular complexity index is 1030. The van der Waals surface area contributed by atoms with E-state index >= 15 is 4.39 Å². The van der Waals surface area contributed by atoms with Gasteiger partial charge in [0, 0.05) is 13.5 Å². The van der Waals surface area contributed by atoms with Crippen LogP contribution in [0.5, 0.6) is 0 Å². The molecule has 0 saturated carbocycles. The van der Waals surface area contributed by atoms with Crippen LogP contribution in [0, 0.1) is 5.92 Å². The van der Waals surface area contributed by atoms with Crippen molar-refractivity contribution in [1.82, 2.24) is 4.90 Å². The maximum atomic E-state index is 15.2. The normalized spacial score (nSPS) is 14.3. The van der Waals surface area contributed by atoms with Crippen LogP contribution in [0.2, 0.25) is 0 Å². The van der Waals surface area contributed by atoms with Crippen LogP contribution in [-0.2, 0) is 32.1 Å². The molecule has 2 aromatic carbocycles. The molecule has 0 fully saturated rings. The number of carbonyl (C=O) groups is 3.